The van der Waals surface area contributed by atoms with Gasteiger partial charge in [0, 0.05) is 27.8 Å². The fraction of sp³-hybridized carbons (Fsp3) is 0.0200. The maximum atomic E-state index is 6.57. The van der Waals surface area contributed by atoms with Crippen LogP contribution in [0.5, 0.6) is 11.5 Å². The lowest BCUT2D eigenvalue weighted by Crippen LogP contribution is -2.32. The molecule has 1 aromatic heterocycles. The molecule has 2 heterocycles. The molecule has 4 heteroatoms. The second kappa shape index (κ2) is 11.9. The molecule has 1 spiro atoms. The van der Waals surface area contributed by atoms with Crippen LogP contribution in [-0.4, -0.2) is 15.0 Å². The Labute approximate surface area is 313 Å². The molecule has 0 saturated carbocycles. The third-order valence-electron chi connectivity index (χ3n) is 11.0. The first kappa shape index (κ1) is 30.5. The number of fused-ring (bicyclic) bond motifs is 10. The SMILES string of the molecule is c1ccc(-c2nc(-c3cccc(-c4ccc5ccccc5c4)c3)nc(-c3ccc4c(c3)C3(c5ccccc5Oc5ccccc53)c3ccccc3-4)n2)cc1. The second-order valence-electron chi connectivity index (χ2n) is 14.0. The van der Waals surface area contributed by atoms with E-state index in [0.717, 1.165) is 50.4 Å². The molecule has 0 fully saturated rings. The van der Waals surface area contributed by atoms with E-state index in [2.05, 4.69) is 158 Å². The fourth-order valence-corrected chi connectivity index (χ4v) is 8.55. The fourth-order valence-electron chi connectivity index (χ4n) is 8.55. The van der Waals surface area contributed by atoms with E-state index in [0.29, 0.717) is 17.5 Å². The van der Waals surface area contributed by atoms with Gasteiger partial charge in [0.15, 0.2) is 17.5 Å². The summed E-state index contributed by atoms with van der Waals surface area (Å²) in [5.74, 6) is 3.61. The van der Waals surface area contributed by atoms with Crippen LogP contribution < -0.4 is 4.74 Å². The monoisotopic (exact) mass is 689 g/mol. The molecule has 0 unspecified atom stereocenters. The van der Waals surface area contributed by atoms with Gasteiger partial charge in [0.1, 0.15) is 11.5 Å². The molecule has 0 atom stereocenters. The average molecular weight is 690 g/mol. The van der Waals surface area contributed by atoms with Gasteiger partial charge in [0.25, 0.3) is 0 Å². The summed E-state index contributed by atoms with van der Waals surface area (Å²) in [7, 11) is 0. The Balaban J connectivity index is 1.12. The molecule has 4 nitrogen and oxygen atoms in total. The zero-order valence-electron chi connectivity index (χ0n) is 29.1. The molecule has 0 amide bonds. The predicted octanol–water partition coefficient (Wildman–Crippen LogP) is 12.2. The highest BCUT2D eigenvalue weighted by atomic mass is 16.5. The van der Waals surface area contributed by atoms with Gasteiger partial charge in [0.2, 0.25) is 0 Å². The standard InChI is InChI=1S/C50H31N3O/c1-2-14-33(15-3-1)47-51-48(37-18-12-17-35(30-37)36-26-25-32-13-4-5-16-34(32)29-36)53-49(52-47)38-27-28-40-39-19-6-7-20-41(39)50(44(40)31-38)42-21-8-10-23-45(42)54-46-24-11-9-22-43(46)50/h1-31H. The summed E-state index contributed by atoms with van der Waals surface area (Å²) in [5, 5.41) is 2.43. The number of nitrogens with zero attached hydrogens (tertiary/aromatic N) is 3. The van der Waals surface area contributed by atoms with Gasteiger partial charge < -0.3 is 4.74 Å². The lowest BCUT2D eigenvalue weighted by atomic mass is 9.66. The van der Waals surface area contributed by atoms with Crippen LogP contribution in [0.2, 0.25) is 0 Å². The lowest BCUT2D eigenvalue weighted by Gasteiger charge is -2.39. The third kappa shape index (κ3) is 4.60. The van der Waals surface area contributed by atoms with Crippen LogP contribution >= 0.6 is 0 Å². The summed E-state index contributed by atoms with van der Waals surface area (Å²) in [6.45, 7) is 0. The van der Waals surface area contributed by atoms with Crippen molar-refractivity contribution in [2.24, 2.45) is 0 Å². The predicted molar refractivity (Wildman–Crippen MR) is 216 cm³/mol. The third-order valence-corrected chi connectivity index (χ3v) is 11.0. The molecule has 0 N–H and O–H groups in total. The van der Waals surface area contributed by atoms with Crippen LogP contribution in [0.4, 0.5) is 0 Å². The minimum atomic E-state index is -0.584. The van der Waals surface area contributed by atoms with E-state index in [-0.39, 0.29) is 0 Å². The Hall–Kier alpha value is -7.17. The highest BCUT2D eigenvalue weighted by molar-refractivity contribution is 5.91. The zero-order valence-corrected chi connectivity index (χ0v) is 29.1. The van der Waals surface area contributed by atoms with Gasteiger partial charge in [-0.2, -0.15) is 0 Å². The largest absolute Gasteiger partial charge is 0.457 e. The van der Waals surface area contributed by atoms with Crippen LogP contribution in [0.1, 0.15) is 22.3 Å². The second-order valence-corrected chi connectivity index (χ2v) is 14.0. The Morgan fingerprint density at radius 1 is 0.315 bits per heavy atom. The van der Waals surface area contributed by atoms with E-state index in [9.17, 15) is 0 Å². The summed E-state index contributed by atoms with van der Waals surface area (Å²) in [6.07, 6.45) is 0. The van der Waals surface area contributed by atoms with Crippen LogP contribution in [0.15, 0.2) is 188 Å². The van der Waals surface area contributed by atoms with E-state index in [1.54, 1.807) is 0 Å². The van der Waals surface area contributed by atoms with Gasteiger partial charge in [-0.15, -0.1) is 0 Å². The number of hydrogen-bond donors (Lipinski definition) is 0. The molecule has 0 radical (unpaired) electrons. The number of benzene rings is 8. The van der Waals surface area contributed by atoms with Gasteiger partial charge in [-0.1, -0.05) is 158 Å². The van der Waals surface area contributed by atoms with E-state index in [1.807, 2.05) is 30.3 Å². The maximum Gasteiger partial charge on any atom is 0.164 e. The maximum absolute atomic E-state index is 6.57. The Morgan fingerprint density at radius 2 is 0.833 bits per heavy atom. The number of ether oxygens (including phenoxy) is 1. The van der Waals surface area contributed by atoms with Crippen molar-refractivity contribution in [3.05, 3.63) is 210 Å². The van der Waals surface area contributed by atoms with E-state index in [1.165, 1.54) is 33.0 Å². The molecule has 8 aromatic carbocycles. The summed E-state index contributed by atoms with van der Waals surface area (Å²) in [4.78, 5) is 15.5. The van der Waals surface area contributed by atoms with Crippen molar-refractivity contribution >= 4 is 10.8 Å². The highest BCUT2D eigenvalue weighted by Gasteiger charge is 2.51. The van der Waals surface area contributed by atoms with Crippen molar-refractivity contribution in [2.75, 3.05) is 0 Å². The number of hydrogen-bond acceptors (Lipinski definition) is 4. The van der Waals surface area contributed by atoms with Crippen LogP contribution in [0, 0.1) is 0 Å². The van der Waals surface area contributed by atoms with E-state index < -0.39 is 5.41 Å². The molecule has 1 aliphatic carbocycles. The summed E-state index contributed by atoms with van der Waals surface area (Å²) >= 11 is 0. The van der Waals surface area contributed by atoms with Crippen LogP contribution in [0.3, 0.4) is 0 Å². The van der Waals surface area contributed by atoms with Gasteiger partial charge in [-0.05, 0) is 74.5 Å². The quantitative estimate of drug-likeness (QED) is 0.185. The molecule has 11 rings (SSSR count). The summed E-state index contributed by atoms with van der Waals surface area (Å²) in [6, 6.07) is 66.1. The number of para-hydroxylation sites is 2. The molecule has 1 aliphatic heterocycles. The van der Waals surface area contributed by atoms with Crippen molar-refractivity contribution < 1.29 is 4.74 Å². The number of rotatable bonds is 4. The molecular weight excluding hydrogens is 659 g/mol. The van der Waals surface area contributed by atoms with Crippen molar-refractivity contribution in [2.45, 2.75) is 5.41 Å². The lowest BCUT2D eigenvalue weighted by molar-refractivity contribution is 0.436. The van der Waals surface area contributed by atoms with Crippen LogP contribution in [-0.2, 0) is 5.41 Å². The Bertz CT molecular complexity index is 2890. The Kier molecular flexibility index (Phi) is 6.73. The number of aromatic nitrogens is 3. The molecule has 0 bridgehead atoms. The Morgan fingerprint density at radius 3 is 1.59 bits per heavy atom. The summed E-state index contributed by atoms with van der Waals surface area (Å²) < 4.78 is 6.57. The molecular formula is C50H31N3O. The van der Waals surface area contributed by atoms with Crippen molar-refractivity contribution in [1.82, 2.24) is 15.0 Å². The summed E-state index contributed by atoms with van der Waals surface area (Å²) in [5.41, 5.74) is 11.6. The first-order chi connectivity index (χ1) is 26.7. The van der Waals surface area contributed by atoms with Gasteiger partial charge in [0.05, 0.1) is 5.41 Å². The molecule has 54 heavy (non-hydrogen) atoms. The van der Waals surface area contributed by atoms with Crippen molar-refractivity contribution in [3.63, 3.8) is 0 Å². The topological polar surface area (TPSA) is 47.9 Å². The minimum Gasteiger partial charge on any atom is -0.457 e. The first-order valence-electron chi connectivity index (χ1n) is 18.3. The van der Waals surface area contributed by atoms with Gasteiger partial charge in [-0.3, -0.25) is 0 Å². The smallest absolute Gasteiger partial charge is 0.164 e. The zero-order chi connectivity index (χ0) is 35.6. The minimum absolute atomic E-state index is 0.584. The molecule has 252 valence electrons. The first-order valence-corrected chi connectivity index (χ1v) is 18.3. The van der Waals surface area contributed by atoms with E-state index >= 15 is 0 Å². The molecule has 9 aromatic rings. The van der Waals surface area contributed by atoms with Gasteiger partial charge >= 0.3 is 0 Å². The van der Waals surface area contributed by atoms with Crippen molar-refractivity contribution in [3.8, 4) is 67.9 Å². The highest BCUT2D eigenvalue weighted by Crippen LogP contribution is 2.62. The van der Waals surface area contributed by atoms with Gasteiger partial charge in [-0.25, -0.2) is 15.0 Å². The normalized spacial score (nSPS) is 13.1. The molecule has 0 saturated heterocycles. The van der Waals surface area contributed by atoms with Crippen LogP contribution in [0.25, 0.3) is 67.2 Å². The van der Waals surface area contributed by atoms with E-state index in [4.69, 9.17) is 19.7 Å². The van der Waals surface area contributed by atoms with Crippen molar-refractivity contribution in [1.29, 1.82) is 0 Å². The average Bonchev–Trinajstić information content (AvgIpc) is 3.53. The molecule has 2 aliphatic rings.